The van der Waals surface area contributed by atoms with E-state index < -0.39 is 0 Å². The number of unbranched alkanes of at least 4 members (excludes halogenated alkanes) is 2. The molecular weight excluding hydrogens is 344 g/mol. The molecule has 2 aromatic rings. The van der Waals surface area contributed by atoms with Crippen LogP contribution in [0.15, 0.2) is 60.7 Å². The highest BCUT2D eigenvalue weighted by atomic mass is 16.5. The van der Waals surface area contributed by atoms with Crippen molar-refractivity contribution in [2.45, 2.75) is 26.2 Å². The van der Waals surface area contributed by atoms with Crippen molar-refractivity contribution in [2.24, 2.45) is 0 Å². The van der Waals surface area contributed by atoms with Gasteiger partial charge in [0.2, 0.25) is 0 Å². The Morgan fingerprint density at radius 1 is 1.00 bits per heavy atom. The fourth-order valence-electron chi connectivity index (χ4n) is 2.40. The van der Waals surface area contributed by atoms with Crippen LogP contribution >= 0.6 is 0 Å². The maximum absolute atomic E-state index is 12.4. The third kappa shape index (κ3) is 6.29. The van der Waals surface area contributed by atoms with Crippen molar-refractivity contribution in [3.63, 3.8) is 0 Å². The summed E-state index contributed by atoms with van der Waals surface area (Å²) in [6, 6.07) is 13.5. The summed E-state index contributed by atoms with van der Waals surface area (Å²) in [5.41, 5.74) is 1.16. The highest BCUT2D eigenvalue weighted by Crippen LogP contribution is 2.26. The number of phenols is 1. The van der Waals surface area contributed by atoms with Crippen molar-refractivity contribution in [3.8, 4) is 11.5 Å². The summed E-state index contributed by atoms with van der Waals surface area (Å²) in [6.07, 6.45) is 2.38. The van der Waals surface area contributed by atoms with Gasteiger partial charge in [-0.25, -0.2) is 4.79 Å². The van der Waals surface area contributed by atoms with Gasteiger partial charge in [0, 0.05) is 17.2 Å². The molecule has 2 rings (SSSR count). The van der Waals surface area contributed by atoms with E-state index in [-0.39, 0.29) is 23.1 Å². The van der Waals surface area contributed by atoms with E-state index in [1.54, 1.807) is 43.3 Å². The Hall–Kier alpha value is -3.08. The van der Waals surface area contributed by atoms with Gasteiger partial charge in [-0.15, -0.1) is 0 Å². The lowest BCUT2D eigenvalue weighted by molar-refractivity contribution is -0.139. The molecule has 0 unspecified atom stereocenters. The van der Waals surface area contributed by atoms with Crippen LogP contribution < -0.4 is 4.74 Å². The van der Waals surface area contributed by atoms with E-state index >= 15 is 0 Å². The number of benzene rings is 2. The van der Waals surface area contributed by atoms with Crippen LogP contribution in [-0.4, -0.2) is 30.1 Å². The number of ether oxygens (including phenoxy) is 2. The molecule has 0 bridgehead atoms. The molecule has 27 heavy (non-hydrogen) atoms. The SMILES string of the molecule is C=C(C)C(=O)OCCCCCOc1ccc(C(=O)c2ccccc2)c(O)c1. The van der Waals surface area contributed by atoms with Gasteiger partial charge in [0.1, 0.15) is 11.5 Å². The molecule has 5 heteroatoms. The van der Waals surface area contributed by atoms with Crippen molar-refractivity contribution in [2.75, 3.05) is 13.2 Å². The maximum Gasteiger partial charge on any atom is 0.333 e. The molecule has 142 valence electrons. The van der Waals surface area contributed by atoms with Gasteiger partial charge in [0.05, 0.1) is 18.8 Å². The molecule has 0 fully saturated rings. The molecule has 1 N–H and O–H groups in total. The number of hydrogen-bond donors (Lipinski definition) is 1. The van der Waals surface area contributed by atoms with E-state index in [0.29, 0.717) is 30.1 Å². The summed E-state index contributed by atoms with van der Waals surface area (Å²) in [6.45, 7) is 5.97. The minimum atomic E-state index is -0.369. The summed E-state index contributed by atoms with van der Waals surface area (Å²) in [7, 11) is 0. The Labute approximate surface area is 159 Å². The Kier molecular flexibility index (Phi) is 7.62. The molecule has 0 radical (unpaired) electrons. The average molecular weight is 368 g/mol. The fraction of sp³-hybridized carbons (Fsp3) is 0.273. The topological polar surface area (TPSA) is 72.8 Å². The van der Waals surface area contributed by atoms with Crippen molar-refractivity contribution in [1.29, 1.82) is 0 Å². The van der Waals surface area contributed by atoms with Gasteiger partial charge in [-0.3, -0.25) is 4.79 Å². The first kappa shape index (κ1) is 20.2. The van der Waals surface area contributed by atoms with Crippen LogP contribution in [0.1, 0.15) is 42.1 Å². The van der Waals surface area contributed by atoms with E-state index in [1.165, 1.54) is 6.07 Å². The summed E-state index contributed by atoms with van der Waals surface area (Å²) >= 11 is 0. The lowest BCUT2D eigenvalue weighted by Crippen LogP contribution is -2.06. The fourth-order valence-corrected chi connectivity index (χ4v) is 2.40. The second kappa shape index (κ2) is 10.2. The number of hydrogen-bond acceptors (Lipinski definition) is 5. The van der Waals surface area contributed by atoms with Crippen LogP contribution in [0.3, 0.4) is 0 Å². The largest absolute Gasteiger partial charge is 0.507 e. The highest BCUT2D eigenvalue weighted by molar-refractivity contribution is 6.10. The number of carbonyl (C=O) groups is 2. The molecule has 5 nitrogen and oxygen atoms in total. The van der Waals surface area contributed by atoms with Crippen molar-refractivity contribution in [3.05, 3.63) is 71.8 Å². The third-order valence-electron chi connectivity index (χ3n) is 3.89. The van der Waals surface area contributed by atoms with Crippen LogP contribution in [0.2, 0.25) is 0 Å². The minimum Gasteiger partial charge on any atom is -0.507 e. The van der Waals surface area contributed by atoms with E-state index in [9.17, 15) is 14.7 Å². The third-order valence-corrected chi connectivity index (χ3v) is 3.89. The van der Waals surface area contributed by atoms with Gasteiger partial charge in [-0.1, -0.05) is 36.9 Å². The Balaban J connectivity index is 1.75. The smallest absolute Gasteiger partial charge is 0.333 e. The molecule has 0 saturated carbocycles. The molecule has 0 aliphatic carbocycles. The highest BCUT2D eigenvalue weighted by Gasteiger charge is 2.14. The summed E-state index contributed by atoms with van der Waals surface area (Å²) in [5, 5.41) is 10.1. The van der Waals surface area contributed by atoms with Crippen molar-refractivity contribution < 1.29 is 24.2 Å². The Morgan fingerprint density at radius 2 is 1.70 bits per heavy atom. The normalized spacial score (nSPS) is 10.3. The first-order valence-electron chi connectivity index (χ1n) is 8.87. The number of rotatable bonds is 10. The van der Waals surface area contributed by atoms with Crippen molar-refractivity contribution >= 4 is 11.8 Å². The van der Waals surface area contributed by atoms with E-state index in [1.807, 2.05) is 6.07 Å². The lowest BCUT2D eigenvalue weighted by atomic mass is 10.0. The van der Waals surface area contributed by atoms with Crippen LogP contribution in [-0.2, 0) is 9.53 Å². The predicted molar refractivity (Wildman–Crippen MR) is 103 cm³/mol. The van der Waals surface area contributed by atoms with Crippen molar-refractivity contribution in [1.82, 2.24) is 0 Å². The second-order valence-corrected chi connectivity index (χ2v) is 6.20. The van der Waals surface area contributed by atoms with Gasteiger partial charge in [-0.05, 0) is 38.3 Å². The monoisotopic (exact) mass is 368 g/mol. The van der Waals surface area contributed by atoms with Gasteiger partial charge in [0.25, 0.3) is 0 Å². The van der Waals surface area contributed by atoms with Gasteiger partial charge in [0.15, 0.2) is 5.78 Å². The predicted octanol–water partition coefficient (Wildman–Crippen LogP) is 4.29. The number of carbonyl (C=O) groups excluding carboxylic acids is 2. The average Bonchev–Trinajstić information content (AvgIpc) is 2.67. The number of ketones is 1. The van der Waals surface area contributed by atoms with E-state index in [0.717, 1.165) is 19.3 Å². The molecule has 0 aliphatic rings. The molecule has 0 aromatic heterocycles. The molecule has 0 aliphatic heterocycles. The molecule has 0 saturated heterocycles. The zero-order valence-electron chi connectivity index (χ0n) is 15.4. The van der Waals surface area contributed by atoms with Gasteiger partial charge in [-0.2, -0.15) is 0 Å². The molecule has 0 atom stereocenters. The van der Waals surface area contributed by atoms with E-state index in [2.05, 4.69) is 6.58 Å². The zero-order valence-corrected chi connectivity index (χ0v) is 15.4. The van der Waals surface area contributed by atoms with Crippen LogP contribution in [0.5, 0.6) is 11.5 Å². The molecular formula is C22H24O5. The quantitative estimate of drug-likeness (QED) is 0.293. The molecule has 0 spiro atoms. The van der Waals surface area contributed by atoms with Gasteiger partial charge >= 0.3 is 5.97 Å². The van der Waals surface area contributed by atoms with E-state index in [4.69, 9.17) is 9.47 Å². The number of esters is 1. The number of aromatic hydroxyl groups is 1. The Bertz CT molecular complexity index is 796. The Morgan fingerprint density at radius 3 is 2.37 bits per heavy atom. The first-order valence-corrected chi connectivity index (χ1v) is 8.87. The minimum absolute atomic E-state index is 0.104. The summed E-state index contributed by atoms with van der Waals surface area (Å²) < 4.78 is 10.6. The number of phenolic OH excluding ortho intramolecular Hbond substituents is 1. The maximum atomic E-state index is 12.4. The molecule has 0 amide bonds. The van der Waals surface area contributed by atoms with Crippen LogP contribution in [0, 0.1) is 0 Å². The summed E-state index contributed by atoms with van der Waals surface area (Å²) in [5.74, 6) is -0.199. The van der Waals surface area contributed by atoms with Crippen LogP contribution in [0.4, 0.5) is 0 Å². The first-order chi connectivity index (χ1) is 13.0. The van der Waals surface area contributed by atoms with Crippen LogP contribution in [0.25, 0.3) is 0 Å². The van der Waals surface area contributed by atoms with Gasteiger partial charge < -0.3 is 14.6 Å². The second-order valence-electron chi connectivity index (χ2n) is 6.20. The standard InChI is InChI=1S/C22H24O5/c1-16(2)22(25)27-14-8-4-7-13-26-18-11-12-19(20(23)15-18)21(24)17-9-5-3-6-10-17/h3,5-6,9-12,15,23H,1,4,7-8,13-14H2,2H3. The zero-order chi connectivity index (χ0) is 19.6. The lowest BCUT2D eigenvalue weighted by Gasteiger charge is -2.09. The summed E-state index contributed by atoms with van der Waals surface area (Å²) in [4.78, 5) is 23.6. The molecule has 0 heterocycles. The molecule has 2 aromatic carbocycles.